The fourth-order valence-electron chi connectivity index (χ4n) is 3.96. The fraction of sp³-hybridized carbons (Fsp3) is 0. The summed E-state index contributed by atoms with van der Waals surface area (Å²) in [4.78, 5) is 0. The van der Waals surface area contributed by atoms with E-state index in [4.69, 9.17) is 0 Å². The van der Waals surface area contributed by atoms with Crippen molar-refractivity contribution in [2.75, 3.05) is 0 Å². The summed E-state index contributed by atoms with van der Waals surface area (Å²) >= 11 is 0. The van der Waals surface area contributed by atoms with Gasteiger partial charge in [-0.25, -0.2) is 0 Å². The molecule has 0 radical (unpaired) electrons. The number of phenolic OH excluding ortho intramolecular Hbond substituents is 4. The molecule has 0 atom stereocenters. The van der Waals surface area contributed by atoms with Gasteiger partial charge in [-0.15, -0.1) is 0 Å². The van der Waals surface area contributed by atoms with Gasteiger partial charge in [0.05, 0.1) is 0 Å². The van der Waals surface area contributed by atoms with Gasteiger partial charge in [-0.1, -0.05) is 24.3 Å². The second kappa shape index (κ2) is 5.79. The summed E-state index contributed by atoms with van der Waals surface area (Å²) in [7, 11) is 0. The zero-order chi connectivity index (χ0) is 19.4. The number of hydrogen-bond acceptors (Lipinski definition) is 4. The van der Waals surface area contributed by atoms with Gasteiger partial charge in [0.25, 0.3) is 0 Å². The van der Waals surface area contributed by atoms with Crippen molar-refractivity contribution in [2.45, 2.75) is 0 Å². The summed E-state index contributed by atoms with van der Waals surface area (Å²) in [5.74, 6) is 0.500. The molecule has 136 valence electrons. The molecule has 0 saturated heterocycles. The lowest BCUT2D eigenvalue weighted by molar-refractivity contribution is 0.474. The largest absolute Gasteiger partial charge is 0.508 e. The van der Waals surface area contributed by atoms with Crippen molar-refractivity contribution >= 4 is 0 Å². The molecule has 4 N–H and O–H groups in total. The summed E-state index contributed by atoms with van der Waals surface area (Å²) < 4.78 is 0. The van der Waals surface area contributed by atoms with Crippen molar-refractivity contribution in [2.24, 2.45) is 0 Å². The van der Waals surface area contributed by atoms with E-state index in [0.29, 0.717) is 0 Å². The Kier molecular flexibility index (Phi) is 3.36. The van der Waals surface area contributed by atoms with Crippen molar-refractivity contribution in [3.8, 4) is 67.5 Å². The van der Waals surface area contributed by atoms with Crippen LogP contribution in [-0.4, -0.2) is 20.4 Å². The zero-order valence-corrected chi connectivity index (χ0v) is 14.7. The first-order valence-corrected chi connectivity index (χ1v) is 8.85. The van der Waals surface area contributed by atoms with Crippen LogP contribution in [0.4, 0.5) is 0 Å². The monoisotopic (exact) mass is 368 g/mol. The Morgan fingerprint density at radius 2 is 0.500 bits per heavy atom. The van der Waals surface area contributed by atoms with E-state index >= 15 is 0 Å². The number of benzene rings is 4. The van der Waals surface area contributed by atoms with Crippen LogP contribution in [0.15, 0.2) is 72.8 Å². The molecule has 0 bridgehead atoms. The van der Waals surface area contributed by atoms with E-state index in [9.17, 15) is 20.4 Å². The van der Waals surface area contributed by atoms with Crippen molar-refractivity contribution in [3.63, 3.8) is 0 Å². The Balaban J connectivity index is 2.01. The van der Waals surface area contributed by atoms with Crippen LogP contribution in [0.1, 0.15) is 0 Å². The van der Waals surface area contributed by atoms with Crippen LogP contribution in [0.5, 0.6) is 23.0 Å². The van der Waals surface area contributed by atoms with Crippen molar-refractivity contribution in [1.29, 1.82) is 0 Å². The Hall–Kier alpha value is -3.92. The zero-order valence-electron chi connectivity index (χ0n) is 14.7. The van der Waals surface area contributed by atoms with E-state index in [1.54, 1.807) is 48.5 Å². The minimum Gasteiger partial charge on any atom is -0.508 e. The minimum atomic E-state index is 0.125. The molecule has 4 aromatic rings. The lowest BCUT2D eigenvalue weighted by Gasteiger charge is -2.23. The lowest BCUT2D eigenvalue weighted by atomic mass is 9.80. The van der Waals surface area contributed by atoms with Gasteiger partial charge in [0, 0.05) is 0 Å². The van der Waals surface area contributed by atoms with Crippen LogP contribution in [0, 0.1) is 0 Å². The van der Waals surface area contributed by atoms with Gasteiger partial charge >= 0.3 is 0 Å². The third kappa shape index (κ3) is 2.39. The Bertz CT molecular complexity index is 1060. The molecular formula is C24H16O4. The summed E-state index contributed by atoms with van der Waals surface area (Å²) in [6, 6.07) is 20.4. The molecule has 0 fully saturated rings. The van der Waals surface area contributed by atoms with Gasteiger partial charge in [0.1, 0.15) is 23.0 Å². The highest BCUT2D eigenvalue weighted by Gasteiger charge is 2.23. The molecule has 0 spiro atoms. The van der Waals surface area contributed by atoms with E-state index in [0.717, 1.165) is 44.5 Å². The first-order valence-electron chi connectivity index (χ1n) is 8.85. The maximum Gasteiger partial charge on any atom is 0.116 e. The molecule has 4 heteroatoms. The molecular weight excluding hydrogens is 352 g/mol. The Morgan fingerprint density at radius 3 is 0.714 bits per heavy atom. The lowest BCUT2D eigenvalue weighted by Crippen LogP contribution is -1.97. The van der Waals surface area contributed by atoms with Crippen molar-refractivity contribution in [1.82, 2.24) is 0 Å². The summed E-state index contributed by atoms with van der Waals surface area (Å²) in [5.41, 5.74) is 6.52. The smallest absolute Gasteiger partial charge is 0.116 e. The molecule has 0 saturated carbocycles. The fourth-order valence-corrected chi connectivity index (χ4v) is 3.96. The number of aromatic hydroxyl groups is 4. The first kappa shape index (κ1) is 16.3. The van der Waals surface area contributed by atoms with Crippen LogP contribution in [-0.2, 0) is 0 Å². The van der Waals surface area contributed by atoms with E-state index in [1.165, 1.54) is 0 Å². The summed E-state index contributed by atoms with van der Waals surface area (Å²) in [6.45, 7) is 0. The van der Waals surface area contributed by atoms with E-state index in [-0.39, 0.29) is 23.0 Å². The molecule has 0 heterocycles. The molecule has 5 rings (SSSR count). The average Bonchev–Trinajstić information content (AvgIpc) is 2.67. The van der Waals surface area contributed by atoms with Gasteiger partial charge in [-0.3, -0.25) is 0 Å². The van der Waals surface area contributed by atoms with Gasteiger partial charge in [-0.2, -0.15) is 0 Å². The number of phenols is 4. The molecule has 0 aromatic heterocycles. The summed E-state index contributed by atoms with van der Waals surface area (Å²) in [6.07, 6.45) is 0. The molecule has 1 aliphatic rings. The highest BCUT2D eigenvalue weighted by molar-refractivity contribution is 6.04. The SMILES string of the molecule is Oc1ccc2c(c1)-c1cc(O)ccc1-c1ccc(O)cc1-c1cc(O)ccc1-2. The van der Waals surface area contributed by atoms with Crippen LogP contribution in [0.3, 0.4) is 0 Å². The van der Waals surface area contributed by atoms with Crippen LogP contribution in [0.25, 0.3) is 44.5 Å². The number of rotatable bonds is 0. The van der Waals surface area contributed by atoms with Crippen molar-refractivity contribution < 1.29 is 20.4 Å². The maximum absolute atomic E-state index is 10.1. The third-order valence-corrected chi connectivity index (χ3v) is 5.17. The Labute approximate surface area is 161 Å². The van der Waals surface area contributed by atoms with E-state index < -0.39 is 0 Å². The predicted molar refractivity (Wildman–Crippen MR) is 108 cm³/mol. The first-order chi connectivity index (χ1) is 13.5. The van der Waals surface area contributed by atoms with Gasteiger partial charge < -0.3 is 20.4 Å². The molecule has 4 nitrogen and oxygen atoms in total. The molecule has 0 amide bonds. The maximum atomic E-state index is 10.1. The predicted octanol–water partition coefficient (Wildman–Crippen LogP) is 5.49. The molecule has 1 aliphatic carbocycles. The topological polar surface area (TPSA) is 80.9 Å². The van der Waals surface area contributed by atoms with E-state index in [1.807, 2.05) is 24.3 Å². The normalized spacial score (nSPS) is 11.4. The Morgan fingerprint density at radius 1 is 0.286 bits per heavy atom. The standard InChI is InChI=1S/C24H16O4/c25-13-1-5-17-18-6-2-14(26)10-22(18)24-12-16(28)4-8-20(24)19-7-3-15(27)11-23(19)21(17)9-13/h1-12,25-28H. The minimum absolute atomic E-state index is 0.125. The summed E-state index contributed by atoms with van der Waals surface area (Å²) in [5, 5.41) is 40.5. The van der Waals surface area contributed by atoms with Gasteiger partial charge in [0.2, 0.25) is 0 Å². The van der Waals surface area contributed by atoms with Crippen molar-refractivity contribution in [3.05, 3.63) is 72.8 Å². The number of fused-ring (bicyclic) bond motifs is 8. The van der Waals surface area contributed by atoms with E-state index in [2.05, 4.69) is 0 Å². The van der Waals surface area contributed by atoms with Crippen LogP contribution in [0.2, 0.25) is 0 Å². The highest BCUT2D eigenvalue weighted by atomic mass is 16.3. The van der Waals surface area contributed by atoms with Crippen LogP contribution < -0.4 is 0 Å². The third-order valence-electron chi connectivity index (χ3n) is 5.17. The molecule has 0 aliphatic heterocycles. The molecule has 0 unspecified atom stereocenters. The quantitative estimate of drug-likeness (QED) is 0.291. The van der Waals surface area contributed by atoms with Gasteiger partial charge in [0.15, 0.2) is 0 Å². The van der Waals surface area contributed by atoms with Crippen LogP contribution >= 0.6 is 0 Å². The second-order valence-electron chi connectivity index (χ2n) is 6.92. The number of hydrogen-bond donors (Lipinski definition) is 4. The van der Waals surface area contributed by atoms with Gasteiger partial charge in [-0.05, 0) is 93.0 Å². The highest BCUT2D eigenvalue weighted by Crippen LogP contribution is 2.50. The second-order valence-corrected chi connectivity index (χ2v) is 6.92. The average molecular weight is 368 g/mol. The molecule has 4 aromatic carbocycles. The molecule has 28 heavy (non-hydrogen) atoms.